The number of pyridine rings is 1. The Morgan fingerprint density at radius 3 is 2.87 bits per heavy atom. The highest BCUT2D eigenvalue weighted by molar-refractivity contribution is 7.90. The summed E-state index contributed by atoms with van der Waals surface area (Å²) in [6, 6.07) is 4.48. The van der Waals surface area contributed by atoms with Crippen molar-refractivity contribution in [3.8, 4) is 6.07 Å². The summed E-state index contributed by atoms with van der Waals surface area (Å²) in [5, 5.41) is 8.15. The van der Waals surface area contributed by atoms with E-state index in [1.165, 1.54) is 18.3 Å². The minimum absolute atomic E-state index is 0.0211. The second kappa shape index (κ2) is 3.03. The van der Waals surface area contributed by atoms with Crippen LogP contribution >= 0.6 is 0 Å². The van der Waals surface area contributed by atoms with Gasteiger partial charge in [0.05, 0.1) is 11.6 Å². The lowest BCUT2D eigenvalue weighted by Crippen LogP contribution is -2.30. The van der Waals surface area contributed by atoms with E-state index in [0.717, 1.165) is 0 Å². The number of carbonyl (C=O) groups excluding carboxylic acids is 1. The maximum Gasteiger partial charge on any atom is 0.286 e. The first-order valence-corrected chi connectivity index (χ1v) is 5.42. The summed E-state index contributed by atoms with van der Waals surface area (Å²) in [6.45, 7) is -0.489. The van der Waals surface area contributed by atoms with Crippen molar-refractivity contribution in [2.75, 3.05) is 6.54 Å². The summed E-state index contributed by atoms with van der Waals surface area (Å²) in [5.41, 5.74) is 0.0211. The van der Waals surface area contributed by atoms with E-state index in [9.17, 15) is 13.2 Å². The van der Waals surface area contributed by atoms with Gasteiger partial charge in [-0.05, 0) is 12.1 Å². The Labute approximate surface area is 85.8 Å². The Morgan fingerprint density at radius 1 is 1.53 bits per heavy atom. The summed E-state index contributed by atoms with van der Waals surface area (Å²) >= 11 is 0. The number of nitriles is 1. The van der Waals surface area contributed by atoms with Crippen LogP contribution in [0.2, 0.25) is 0 Å². The van der Waals surface area contributed by atoms with Crippen molar-refractivity contribution in [1.82, 2.24) is 9.29 Å². The molecule has 1 amide bonds. The lowest BCUT2D eigenvalue weighted by atomic mass is 10.3. The molecule has 0 saturated heterocycles. The normalized spacial score (nSPS) is 17.3. The molecule has 0 unspecified atom stereocenters. The van der Waals surface area contributed by atoms with Gasteiger partial charge in [0.15, 0.2) is 5.03 Å². The van der Waals surface area contributed by atoms with Gasteiger partial charge in [-0.15, -0.1) is 0 Å². The van der Waals surface area contributed by atoms with Crippen LogP contribution in [0.5, 0.6) is 0 Å². The fourth-order valence-corrected chi connectivity index (χ4v) is 2.71. The predicted molar refractivity (Wildman–Crippen MR) is 48.1 cm³/mol. The van der Waals surface area contributed by atoms with E-state index in [-0.39, 0.29) is 10.6 Å². The number of hydrogen-bond acceptors (Lipinski definition) is 5. The molecule has 1 aliphatic heterocycles. The molecule has 1 aliphatic rings. The molecule has 1 aromatic rings. The van der Waals surface area contributed by atoms with Crippen LogP contribution < -0.4 is 0 Å². The summed E-state index contributed by atoms with van der Waals surface area (Å²) < 4.78 is 23.9. The fraction of sp³-hybridized carbons (Fsp3) is 0.125. The Kier molecular flexibility index (Phi) is 1.94. The van der Waals surface area contributed by atoms with Gasteiger partial charge in [0.25, 0.3) is 15.9 Å². The summed E-state index contributed by atoms with van der Waals surface area (Å²) in [5.74, 6) is -0.695. The SMILES string of the molecule is N#CCN1C(=O)c2cccnc2S1(=O)=O. The minimum atomic E-state index is -3.91. The molecule has 0 N–H and O–H groups in total. The maximum absolute atomic E-state index is 11.7. The molecular formula is C8H5N3O3S. The van der Waals surface area contributed by atoms with Crippen molar-refractivity contribution in [3.05, 3.63) is 23.9 Å². The summed E-state index contributed by atoms with van der Waals surface area (Å²) in [4.78, 5) is 15.2. The first-order chi connectivity index (χ1) is 7.09. The number of amides is 1. The molecule has 6 nitrogen and oxygen atoms in total. The van der Waals surface area contributed by atoms with Crippen LogP contribution in [0.25, 0.3) is 0 Å². The number of fused-ring (bicyclic) bond motifs is 1. The third kappa shape index (κ3) is 1.19. The molecule has 0 atom stereocenters. The van der Waals surface area contributed by atoms with E-state index in [1.807, 2.05) is 0 Å². The Balaban J connectivity index is 2.67. The number of sulfonamides is 1. The summed E-state index contributed by atoms with van der Waals surface area (Å²) in [6.07, 6.45) is 1.29. The van der Waals surface area contributed by atoms with Crippen LogP contribution in [0.4, 0.5) is 0 Å². The second-order valence-electron chi connectivity index (χ2n) is 2.83. The van der Waals surface area contributed by atoms with Gasteiger partial charge < -0.3 is 0 Å². The minimum Gasteiger partial charge on any atom is -0.268 e. The van der Waals surface area contributed by atoms with Gasteiger partial charge in [-0.3, -0.25) is 4.79 Å². The molecule has 0 aliphatic carbocycles. The van der Waals surface area contributed by atoms with E-state index in [2.05, 4.69) is 4.98 Å². The molecular weight excluding hydrogens is 218 g/mol. The molecule has 2 rings (SSSR count). The highest BCUT2D eigenvalue weighted by Crippen LogP contribution is 2.27. The number of nitrogens with zero attached hydrogens (tertiary/aromatic N) is 3. The number of hydrogen-bond donors (Lipinski definition) is 0. The van der Waals surface area contributed by atoms with Crippen LogP contribution in [0.3, 0.4) is 0 Å². The highest BCUT2D eigenvalue weighted by atomic mass is 32.2. The van der Waals surface area contributed by atoms with E-state index >= 15 is 0 Å². The van der Waals surface area contributed by atoms with Crippen molar-refractivity contribution < 1.29 is 13.2 Å². The summed E-state index contributed by atoms with van der Waals surface area (Å²) in [7, 11) is -3.91. The first-order valence-electron chi connectivity index (χ1n) is 3.98. The second-order valence-corrected chi connectivity index (χ2v) is 4.61. The Hall–Kier alpha value is -1.94. The monoisotopic (exact) mass is 223 g/mol. The lowest BCUT2D eigenvalue weighted by Gasteiger charge is -2.08. The van der Waals surface area contributed by atoms with Crippen molar-refractivity contribution >= 4 is 15.9 Å². The molecule has 15 heavy (non-hydrogen) atoms. The van der Waals surface area contributed by atoms with Gasteiger partial charge in [0.2, 0.25) is 0 Å². The zero-order valence-electron chi connectivity index (χ0n) is 7.41. The molecule has 2 heterocycles. The zero-order chi connectivity index (χ0) is 11.1. The van der Waals surface area contributed by atoms with Gasteiger partial charge in [-0.1, -0.05) is 0 Å². The molecule has 0 saturated carbocycles. The molecule has 0 aromatic carbocycles. The predicted octanol–water partition coefficient (Wildman–Crippen LogP) is -0.250. The van der Waals surface area contributed by atoms with Crippen LogP contribution in [-0.2, 0) is 10.0 Å². The van der Waals surface area contributed by atoms with E-state index < -0.39 is 22.5 Å². The molecule has 0 radical (unpaired) electrons. The first kappa shape index (κ1) is 9.61. The van der Waals surface area contributed by atoms with Crippen LogP contribution in [0, 0.1) is 11.3 Å². The third-order valence-electron chi connectivity index (χ3n) is 1.98. The number of rotatable bonds is 1. The Bertz CT molecular complexity index is 573. The van der Waals surface area contributed by atoms with Crippen molar-refractivity contribution in [1.29, 1.82) is 5.26 Å². The van der Waals surface area contributed by atoms with Crippen molar-refractivity contribution in [2.24, 2.45) is 0 Å². The van der Waals surface area contributed by atoms with Gasteiger partial charge in [0.1, 0.15) is 6.54 Å². The van der Waals surface area contributed by atoms with Crippen LogP contribution in [0.1, 0.15) is 10.4 Å². The molecule has 76 valence electrons. The average Bonchev–Trinajstić information content (AvgIpc) is 2.41. The molecule has 7 heteroatoms. The smallest absolute Gasteiger partial charge is 0.268 e. The standard InChI is InChI=1S/C8H5N3O3S/c9-3-5-11-8(12)6-2-1-4-10-7(6)15(11,13)14/h1-2,4H,5H2. The maximum atomic E-state index is 11.7. The highest BCUT2D eigenvalue weighted by Gasteiger charge is 2.42. The quantitative estimate of drug-likeness (QED) is 0.612. The van der Waals surface area contributed by atoms with Gasteiger partial charge >= 0.3 is 0 Å². The van der Waals surface area contributed by atoms with E-state index in [1.54, 1.807) is 6.07 Å². The fourth-order valence-electron chi connectivity index (χ4n) is 1.33. The zero-order valence-corrected chi connectivity index (χ0v) is 8.23. The van der Waals surface area contributed by atoms with Gasteiger partial charge in [-0.2, -0.15) is 13.7 Å². The number of carbonyl (C=O) groups is 1. The van der Waals surface area contributed by atoms with E-state index in [0.29, 0.717) is 4.31 Å². The Morgan fingerprint density at radius 2 is 2.27 bits per heavy atom. The largest absolute Gasteiger partial charge is 0.286 e. The lowest BCUT2D eigenvalue weighted by molar-refractivity contribution is 0.0881. The van der Waals surface area contributed by atoms with Gasteiger partial charge in [0, 0.05) is 6.20 Å². The van der Waals surface area contributed by atoms with Gasteiger partial charge in [-0.25, -0.2) is 9.29 Å². The topological polar surface area (TPSA) is 91.1 Å². The molecule has 0 spiro atoms. The third-order valence-corrected chi connectivity index (χ3v) is 3.67. The van der Waals surface area contributed by atoms with Crippen molar-refractivity contribution in [2.45, 2.75) is 5.03 Å². The molecule has 0 fully saturated rings. The molecule has 0 bridgehead atoms. The number of aromatic nitrogens is 1. The van der Waals surface area contributed by atoms with Crippen molar-refractivity contribution in [3.63, 3.8) is 0 Å². The average molecular weight is 223 g/mol. The van der Waals surface area contributed by atoms with E-state index in [4.69, 9.17) is 5.26 Å². The molecule has 1 aromatic heterocycles. The van der Waals surface area contributed by atoms with Crippen LogP contribution in [-0.4, -0.2) is 30.2 Å². The van der Waals surface area contributed by atoms with Crippen LogP contribution in [0.15, 0.2) is 23.4 Å².